The van der Waals surface area contributed by atoms with Gasteiger partial charge in [-0.3, -0.25) is 0 Å². The van der Waals surface area contributed by atoms with E-state index in [1.54, 1.807) is 0 Å². The van der Waals surface area contributed by atoms with Gasteiger partial charge in [0.2, 0.25) is 0 Å². The lowest BCUT2D eigenvalue weighted by atomic mass is 10.2. The van der Waals surface area contributed by atoms with Crippen molar-refractivity contribution in [2.45, 2.75) is 52.1 Å². The molecule has 1 aromatic carbocycles. The summed E-state index contributed by atoms with van der Waals surface area (Å²) in [6, 6.07) is 9.22. The molecule has 0 bridgehead atoms. The minimum absolute atomic E-state index is 0.578. The second-order valence-electron chi connectivity index (χ2n) is 5.71. The number of nitrogens with one attached hydrogen (secondary N) is 1. The average Bonchev–Trinajstić information content (AvgIpc) is 2.88. The minimum atomic E-state index is 0.578. The van der Waals surface area contributed by atoms with Gasteiger partial charge in [0.1, 0.15) is 5.75 Å². The summed E-state index contributed by atoms with van der Waals surface area (Å²) >= 11 is 0. The molecule has 1 N–H and O–H groups in total. The van der Waals surface area contributed by atoms with E-state index in [9.17, 15) is 0 Å². The summed E-state index contributed by atoms with van der Waals surface area (Å²) in [5.41, 5.74) is 1.35. The smallest absolute Gasteiger partial charge is 0.119 e. The van der Waals surface area contributed by atoms with Gasteiger partial charge in [0.25, 0.3) is 0 Å². The Morgan fingerprint density at radius 2 is 1.83 bits per heavy atom. The fraction of sp³-hybridized carbons (Fsp3) is 0.625. The van der Waals surface area contributed by atoms with Gasteiger partial charge in [0.05, 0.1) is 6.61 Å². The highest BCUT2D eigenvalue weighted by Crippen LogP contribution is 2.18. The molecule has 0 heterocycles. The normalized spacial score (nSPS) is 16.4. The minimum Gasteiger partial charge on any atom is -0.493 e. The molecule has 0 atom stereocenters. The van der Waals surface area contributed by atoms with Crippen LogP contribution in [0.2, 0.25) is 0 Å². The number of ether oxygens (including phenoxy) is 1. The van der Waals surface area contributed by atoms with Gasteiger partial charge in [-0.25, -0.2) is 0 Å². The highest BCUT2D eigenvalue weighted by atomic mass is 16.5. The summed E-state index contributed by atoms with van der Waals surface area (Å²) < 4.78 is 5.68. The van der Waals surface area contributed by atoms with Crippen LogP contribution in [0.5, 0.6) is 5.75 Å². The first kappa shape index (κ1) is 13.4. The van der Waals surface area contributed by atoms with Crippen molar-refractivity contribution in [3.63, 3.8) is 0 Å². The van der Waals surface area contributed by atoms with E-state index in [1.165, 1.54) is 31.2 Å². The number of rotatable bonds is 6. The largest absolute Gasteiger partial charge is 0.493 e. The highest BCUT2D eigenvalue weighted by Gasteiger charge is 2.13. The van der Waals surface area contributed by atoms with Crippen LogP contribution in [0.15, 0.2) is 24.3 Å². The Balaban J connectivity index is 1.76. The van der Waals surface area contributed by atoms with E-state index in [-0.39, 0.29) is 0 Å². The van der Waals surface area contributed by atoms with Gasteiger partial charge in [-0.05, 0) is 36.5 Å². The summed E-state index contributed by atoms with van der Waals surface area (Å²) in [6.45, 7) is 6.11. The Morgan fingerprint density at radius 3 is 2.44 bits per heavy atom. The second kappa shape index (κ2) is 6.79. The van der Waals surface area contributed by atoms with Gasteiger partial charge in [-0.2, -0.15) is 0 Å². The Labute approximate surface area is 111 Å². The zero-order chi connectivity index (χ0) is 12.8. The van der Waals surface area contributed by atoms with Gasteiger partial charge in [-0.15, -0.1) is 0 Å². The fourth-order valence-electron chi connectivity index (χ4n) is 2.36. The SMILES string of the molecule is CC(C)COc1ccc(CNC2CCCC2)cc1. The van der Waals surface area contributed by atoms with E-state index in [1.807, 2.05) is 0 Å². The monoisotopic (exact) mass is 247 g/mol. The quantitative estimate of drug-likeness (QED) is 0.826. The Morgan fingerprint density at radius 1 is 1.17 bits per heavy atom. The van der Waals surface area contributed by atoms with Crippen LogP contribution in [0, 0.1) is 5.92 Å². The molecule has 0 unspecified atom stereocenters. The summed E-state index contributed by atoms with van der Waals surface area (Å²) in [5, 5.41) is 3.63. The van der Waals surface area contributed by atoms with E-state index in [2.05, 4.69) is 43.4 Å². The highest BCUT2D eigenvalue weighted by molar-refractivity contribution is 5.27. The van der Waals surface area contributed by atoms with Crippen molar-refractivity contribution in [1.82, 2.24) is 5.32 Å². The van der Waals surface area contributed by atoms with Crippen LogP contribution in [0.1, 0.15) is 45.1 Å². The van der Waals surface area contributed by atoms with Crippen LogP contribution >= 0.6 is 0 Å². The molecule has 1 aliphatic carbocycles. The number of benzene rings is 1. The van der Waals surface area contributed by atoms with Crippen LogP contribution in [-0.4, -0.2) is 12.6 Å². The fourth-order valence-corrected chi connectivity index (χ4v) is 2.36. The predicted molar refractivity (Wildman–Crippen MR) is 75.9 cm³/mol. The first-order chi connectivity index (χ1) is 8.74. The molecular formula is C16H25NO. The first-order valence-electron chi connectivity index (χ1n) is 7.19. The molecule has 0 radical (unpaired) electrons. The molecule has 0 spiro atoms. The lowest BCUT2D eigenvalue weighted by molar-refractivity contribution is 0.271. The molecule has 2 heteroatoms. The molecule has 1 aliphatic rings. The Bertz CT molecular complexity index is 339. The standard InChI is InChI=1S/C16H25NO/c1-13(2)12-18-16-9-7-14(8-10-16)11-17-15-5-3-4-6-15/h7-10,13,15,17H,3-6,11-12H2,1-2H3. The van der Waals surface area contributed by atoms with E-state index in [4.69, 9.17) is 4.74 Å². The lowest BCUT2D eigenvalue weighted by Gasteiger charge is -2.12. The molecule has 100 valence electrons. The maximum absolute atomic E-state index is 5.68. The zero-order valence-electron chi connectivity index (χ0n) is 11.6. The molecule has 2 rings (SSSR count). The molecule has 0 aromatic heterocycles. The van der Waals surface area contributed by atoms with Crippen LogP contribution in [0.3, 0.4) is 0 Å². The van der Waals surface area contributed by atoms with Crippen molar-refractivity contribution >= 4 is 0 Å². The van der Waals surface area contributed by atoms with Crippen molar-refractivity contribution < 1.29 is 4.74 Å². The van der Waals surface area contributed by atoms with Gasteiger partial charge in [-0.1, -0.05) is 38.8 Å². The van der Waals surface area contributed by atoms with Crippen LogP contribution in [0.25, 0.3) is 0 Å². The van der Waals surface area contributed by atoms with Gasteiger partial charge < -0.3 is 10.1 Å². The molecule has 1 fully saturated rings. The van der Waals surface area contributed by atoms with Crippen molar-refractivity contribution in [1.29, 1.82) is 0 Å². The molecule has 1 saturated carbocycles. The van der Waals surface area contributed by atoms with Crippen molar-refractivity contribution in [2.24, 2.45) is 5.92 Å². The summed E-state index contributed by atoms with van der Waals surface area (Å²) in [7, 11) is 0. The number of hydrogen-bond acceptors (Lipinski definition) is 2. The first-order valence-corrected chi connectivity index (χ1v) is 7.19. The summed E-state index contributed by atoms with van der Waals surface area (Å²) in [4.78, 5) is 0. The molecular weight excluding hydrogens is 222 g/mol. The Kier molecular flexibility index (Phi) is 5.06. The van der Waals surface area contributed by atoms with Gasteiger partial charge in [0.15, 0.2) is 0 Å². The van der Waals surface area contributed by atoms with Crippen molar-refractivity contribution in [3.05, 3.63) is 29.8 Å². The maximum Gasteiger partial charge on any atom is 0.119 e. The second-order valence-corrected chi connectivity index (χ2v) is 5.71. The van der Waals surface area contributed by atoms with E-state index < -0.39 is 0 Å². The molecule has 0 saturated heterocycles. The molecule has 18 heavy (non-hydrogen) atoms. The van der Waals surface area contributed by atoms with Crippen LogP contribution in [0.4, 0.5) is 0 Å². The molecule has 1 aromatic rings. The maximum atomic E-state index is 5.68. The topological polar surface area (TPSA) is 21.3 Å². The number of hydrogen-bond donors (Lipinski definition) is 1. The summed E-state index contributed by atoms with van der Waals surface area (Å²) in [5.74, 6) is 1.56. The molecule has 0 aliphatic heterocycles. The predicted octanol–water partition coefficient (Wildman–Crippen LogP) is 3.75. The average molecular weight is 247 g/mol. The van der Waals surface area contributed by atoms with Crippen molar-refractivity contribution in [2.75, 3.05) is 6.61 Å². The van der Waals surface area contributed by atoms with Crippen molar-refractivity contribution in [3.8, 4) is 5.75 Å². The molecule has 2 nitrogen and oxygen atoms in total. The van der Waals surface area contributed by atoms with E-state index >= 15 is 0 Å². The lowest BCUT2D eigenvalue weighted by Crippen LogP contribution is -2.25. The van der Waals surface area contributed by atoms with Gasteiger partial charge >= 0.3 is 0 Å². The summed E-state index contributed by atoms with van der Waals surface area (Å²) in [6.07, 6.45) is 5.46. The zero-order valence-corrected chi connectivity index (χ0v) is 11.6. The third-order valence-electron chi connectivity index (χ3n) is 3.46. The van der Waals surface area contributed by atoms with E-state index in [0.29, 0.717) is 5.92 Å². The van der Waals surface area contributed by atoms with Crippen LogP contribution < -0.4 is 10.1 Å². The van der Waals surface area contributed by atoms with Gasteiger partial charge in [0, 0.05) is 12.6 Å². The third-order valence-corrected chi connectivity index (χ3v) is 3.46. The Hall–Kier alpha value is -1.02. The van der Waals surface area contributed by atoms with E-state index in [0.717, 1.165) is 24.9 Å². The third kappa shape index (κ3) is 4.34. The molecule has 0 amide bonds. The van der Waals surface area contributed by atoms with Crippen LogP contribution in [-0.2, 0) is 6.54 Å².